The number of amides is 1. The Morgan fingerprint density at radius 2 is 1.93 bits per heavy atom. The molecule has 1 amide bonds. The lowest BCUT2D eigenvalue weighted by molar-refractivity contribution is -0.137. The number of aryl methyl sites for hydroxylation is 1. The van der Waals surface area contributed by atoms with E-state index >= 15 is 0 Å². The Bertz CT molecular complexity index is 1020. The van der Waals surface area contributed by atoms with E-state index in [0.29, 0.717) is 22.1 Å². The zero-order valence-electron chi connectivity index (χ0n) is 15.6. The molecule has 3 aromatic rings. The van der Waals surface area contributed by atoms with Crippen LogP contribution in [-0.2, 0) is 16.7 Å². The molecule has 0 unspecified atom stereocenters. The first kappa shape index (κ1) is 22.1. The first-order valence-corrected chi connectivity index (χ1v) is 10.4. The molecule has 0 aliphatic carbocycles. The molecule has 0 bridgehead atoms. The molecule has 0 aliphatic heterocycles. The van der Waals surface area contributed by atoms with Crippen molar-refractivity contribution >= 4 is 29.0 Å². The normalized spacial score (nSPS) is 11.4. The third kappa shape index (κ3) is 5.71. The van der Waals surface area contributed by atoms with Crippen molar-refractivity contribution in [2.75, 3.05) is 6.61 Å². The summed E-state index contributed by atoms with van der Waals surface area (Å²) in [6.07, 6.45) is -4.37. The molecule has 0 aliphatic rings. The minimum atomic E-state index is -4.37. The van der Waals surface area contributed by atoms with Crippen molar-refractivity contribution in [2.45, 2.75) is 23.7 Å². The highest BCUT2D eigenvalue weighted by Gasteiger charge is 2.30. The second-order valence-corrected chi connectivity index (χ2v) is 8.23. The molecular formula is C19H16F3N3O3S2. The van der Waals surface area contributed by atoms with Crippen LogP contribution in [0.3, 0.4) is 0 Å². The lowest BCUT2D eigenvalue weighted by Gasteiger charge is -2.09. The maximum absolute atomic E-state index is 12.7. The predicted molar refractivity (Wildman–Crippen MR) is 107 cm³/mol. The highest BCUT2D eigenvalue weighted by Crippen LogP contribution is 2.33. The summed E-state index contributed by atoms with van der Waals surface area (Å²) in [7, 11) is 0. The number of nitrogens with one attached hydrogen (secondary N) is 1. The molecule has 0 fully saturated rings. The van der Waals surface area contributed by atoms with Crippen LogP contribution in [0.4, 0.5) is 13.2 Å². The van der Waals surface area contributed by atoms with Gasteiger partial charge in [-0.15, -0.1) is 22.0 Å². The molecular weight excluding hydrogens is 439 g/mol. The SMILES string of the molecule is Cc1cc(SCc2nnc(-c3ccc(C(F)(F)F)cc3)s2)ccc1OCC(=O)NO. The lowest BCUT2D eigenvalue weighted by atomic mass is 10.1. The van der Waals surface area contributed by atoms with Crippen molar-refractivity contribution in [2.24, 2.45) is 0 Å². The highest BCUT2D eigenvalue weighted by molar-refractivity contribution is 7.98. The Balaban J connectivity index is 1.60. The van der Waals surface area contributed by atoms with E-state index < -0.39 is 17.6 Å². The molecule has 1 heterocycles. The highest BCUT2D eigenvalue weighted by atomic mass is 32.2. The van der Waals surface area contributed by atoms with Gasteiger partial charge in [-0.05, 0) is 42.8 Å². The fourth-order valence-electron chi connectivity index (χ4n) is 2.42. The Labute approximate surface area is 178 Å². The second kappa shape index (κ2) is 9.45. The number of ether oxygens (including phenoxy) is 1. The van der Waals surface area contributed by atoms with Gasteiger partial charge in [-0.25, -0.2) is 5.48 Å². The number of benzene rings is 2. The van der Waals surface area contributed by atoms with Crippen LogP contribution in [-0.4, -0.2) is 27.9 Å². The number of hydrogen-bond acceptors (Lipinski definition) is 7. The summed E-state index contributed by atoms with van der Waals surface area (Å²) in [5.74, 6) is 0.432. The molecule has 6 nitrogen and oxygen atoms in total. The van der Waals surface area contributed by atoms with Crippen molar-refractivity contribution in [3.63, 3.8) is 0 Å². The summed E-state index contributed by atoms with van der Waals surface area (Å²) < 4.78 is 43.3. The average Bonchev–Trinajstić information content (AvgIpc) is 3.20. The molecule has 0 saturated carbocycles. The molecule has 30 heavy (non-hydrogen) atoms. The summed E-state index contributed by atoms with van der Waals surface area (Å²) in [5, 5.41) is 18.0. The number of hydroxylamine groups is 1. The molecule has 2 aromatic carbocycles. The van der Waals surface area contributed by atoms with Crippen LogP contribution in [0.1, 0.15) is 16.1 Å². The van der Waals surface area contributed by atoms with E-state index in [4.69, 9.17) is 9.94 Å². The number of halogens is 3. The third-order valence-electron chi connectivity index (χ3n) is 3.92. The molecule has 0 atom stereocenters. The minimum Gasteiger partial charge on any atom is -0.483 e. The summed E-state index contributed by atoms with van der Waals surface area (Å²) in [6.45, 7) is 1.55. The zero-order chi connectivity index (χ0) is 21.7. The molecule has 0 saturated heterocycles. The third-order valence-corrected chi connectivity index (χ3v) is 6.08. The maximum atomic E-state index is 12.7. The van der Waals surface area contributed by atoms with Crippen molar-refractivity contribution in [3.8, 4) is 16.3 Å². The van der Waals surface area contributed by atoms with Crippen molar-refractivity contribution in [3.05, 3.63) is 58.6 Å². The van der Waals surface area contributed by atoms with Crippen molar-refractivity contribution in [1.29, 1.82) is 0 Å². The van der Waals surface area contributed by atoms with Crippen LogP contribution in [0.15, 0.2) is 47.4 Å². The van der Waals surface area contributed by atoms with Gasteiger partial charge in [0.15, 0.2) is 6.61 Å². The van der Waals surface area contributed by atoms with Gasteiger partial charge in [0.25, 0.3) is 5.91 Å². The first-order valence-electron chi connectivity index (χ1n) is 8.55. The summed E-state index contributed by atoms with van der Waals surface area (Å²) in [4.78, 5) is 12.0. The minimum absolute atomic E-state index is 0.290. The lowest BCUT2D eigenvalue weighted by Crippen LogP contribution is -2.25. The van der Waals surface area contributed by atoms with E-state index in [2.05, 4.69) is 10.2 Å². The van der Waals surface area contributed by atoms with E-state index in [1.165, 1.54) is 40.7 Å². The quantitative estimate of drug-likeness (QED) is 0.305. The Kier molecular flexibility index (Phi) is 6.95. The van der Waals surface area contributed by atoms with Crippen LogP contribution in [0.5, 0.6) is 5.75 Å². The van der Waals surface area contributed by atoms with Crippen LogP contribution < -0.4 is 10.2 Å². The van der Waals surface area contributed by atoms with Gasteiger partial charge in [0.1, 0.15) is 15.8 Å². The number of carbonyl (C=O) groups is 1. The van der Waals surface area contributed by atoms with Gasteiger partial charge >= 0.3 is 6.18 Å². The summed E-state index contributed by atoms with van der Waals surface area (Å²) >= 11 is 2.85. The number of rotatable bonds is 7. The van der Waals surface area contributed by atoms with Crippen molar-refractivity contribution < 1.29 is 27.9 Å². The number of thioether (sulfide) groups is 1. The van der Waals surface area contributed by atoms with Gasteiger partial charge in [-0.3, -0.25) is 10.0 Å². The molecule has 3 rings (SSSR count). The molecule has 2 N–H and O–H groups in total. The summed E-state index contributed by atoms with van der Waals surface area (Å²) in [6, 6.07) is 10.3. The van der Waals surface area contributed by atoms with Gasteiger partial charge < -0.3 is 4.74 Å². The first-order chi connectivity index (χ1) is 14.3. The molecule has 158 valence electrons. The van der Waals surface area contributed by atoms with Gasteiger partial charge in [-0.2, -0.15) is 13.2 Å². The van der Waals surface area contributed by atoms with E-state index in [-0.39, 0.29) is 6.61 Å². The van der Waals surface area contributed by atoms with Gasteiger partial charge in [-0.1, -0.05) is 23.5 Å². The Morgan fingerprint density at radius 3 is 2.57 bits per heavy atom. The number of nitrogens with zero attached hydrogens (tertiary/aromatic N) is 2. The van der Waals surface area contributed by atoms with Crippen LogP contribution in [0.2, 0.25) is 0 Å². The van der Waals surface area contributed by atoms with Crippen molar-refractivity contribution in [1.82, 2.24) is 15.7 Å². The number of carbonyl (C=O) groups excluding carboxylic acids is 1. The fraction of sp³-hybridized carbons (Fsp3) is 0.211. The van der Waals surface area contributed by atoms with E-state index in [9.17, 15) is 18.0 Å². The Morgan fingerprint density at radius 1 is 1.20 bits per heavy atom. The van der Waals surface area contributed by atoms with Crippen LogP contribution in [0.25, 0.3) is 10.6 Å². The molecule has 1 aromatic heterocycles. The number of aromatic nitrogens is 2. The predicted octanol–water partition coefficient (Wildman–Crippen LogP) is 4.71. The van der Waals surface area contributed by atoms with E-state index in [0.717, 1.165) is 27.6 Å². The van der Waals surface area contributed by atoms with Gasteiger partial charge in [0.05, 0.1) is 11.3 Å². The topological polar surface area (TPSA) is 84.3 Å². The zero-order valence-corrected chi connectivity index (χ0v) is 17.2. The number of alkyl halides is 3. The van der Waals surface area contributed by atoms with Crippen LogP contribution in [0, 0.1) is 6.92 Å². The monoisotopic (exact) mass is 455 g/mol. The fourth-order valence-corrected chi connectivity index (χ4v) is 4.25. The molecule has 11 heteroatoms. The molecule has 0 radical (unpaired) electrons. The standard InChI is InChI=1S/C19H16F3N3O3S2/c1-11-8-14(6-7-15(11)28-9-16(26)25-27)29-10-17-23-24-18(30-17)12-2-4-13(5-3-12)19(20,21)22/h2-8,27H,9-10H2,1H3,(H,25,26). The Hall–Kier alpha value is -2.63. The average molecular weight is 455 g/mol. The van der Waals surface area contributed by atoms with Gasteiger partial charge in [0, 0.05) is 10.5 Å². The smallest absolute Gasteiger partial charge is 0.416 e. The molecule has 0 spiro atoms. The maximum Gasteiger partial charge on any atom is 0.416 e. The van der Waals surface area contributed by atoms with Crippen LogP contribution >= 0.6 is 23.1 Å². The number of hydrogen-bond donors (Lipinski definition) is 2. The van der Waals surface area contributed by atoms with Gasteiger partial charge in [0.2, 0.25) is 0 Å². The summed E-state index contributed by atoms with van der Waals surface area (Å²) in [5.41, 5.74) is 2.21. The largest absolute Gasteiger partial charge is 0.483 e. The second-order valence-electron chi connectivity index (χ2n) is 6.12. The van der Waals surface area contributed by atoms with E-state index in [1.807, 2.05) is 19.1 Å². The van der Waals surface area contributed by atoms with E-state index in [1.54, 1.807) is 6.07 Å².